The van der Waals surface area contributed by atoms with Gasteiger partial charge >= 0.3 is 0 Å². The lowest BCUT2D eigenvalue weighted by Crippen LogP contribution is -2.42. The maximum absolute atomic E-state index is 12.3. The number of unbranched alkanes of at least 4 members (excludes halogenated alkanes) is 3. The lowest BCUT2D eigenvalue weighted by atomic mass is 10.00. The van der Waals surface area contributed by atoms with E-state index < -0.39 is 20.0 Å². The van der Waals surface area contributed by atoms with Gasteiger partial charge in [-0.1, -0.05) is 36.0 Å². The Morgan fingerprint density at radius 1 is 0.944 bits per heavy atom. The number of amides is 1. The van der Waals surface area contributed by atoms with Crippen LogP contribution in [0, 0.1) is 5.92 Å². The van der Waals surface area contributed by atoms with Crippen LogP contribution in [0.4, 0.5) is 0 Å². The zero-order valence-corrected chi connectivity index (χ0v) is 23.8. The molecule has 208 valence electrons. The molecule has 0 aliphatic carbocycles. The quantitative estimate of drug-likeness (QED) is 0.260. The Hall–Kier alpha value is -1.89. The molecular formula is C24H42N2O8S2. The fourth-order valence-corrected chi connectivity index (χ4v) is 6.47. The van der Waals surface area contributed by atoms with Crippen molar-refractivity contribution in [2.75, 3.05) is 53.0 Å². The Bertz CT molecular complexity index is 981. The number of carbonyl (C=O) groups excluding carboxylic acids is 1. The van der Waals surface area contributed by atoms with Gasteiger partial charge in [0.25, 0.3) is 0 Å². The van der Waals surface area contributed by atoms with E-state index in [-0.39, 0.29) is 24.9 Å². The number of hydrogen-bond donors (Lipinski definition) is 1. The largest absolute Gasteiger partial charge is 0.493 e. The monoisotopic (exact) mass is 550 g/mol. The molecule has 0 fully saturated rings. The molecule has 1 N–H and O–H groups in total. The van der Waals surface area contributed by atoms with Gasteiger partial charge in [-0.3, -0.25) is 4.79 Å². The normalized spacial score (nSPS) is 12.9. The number of sulfonamides is 2. The number of nitrogens with zero attached hydrogens (tertiary/aromatic N) is 1. The van der Waals surface area contributed by atoms with Crippen LogP contribution in [0.2, 0.25) is 0 Å². The van der Waals surface area contributed by atoms with Crippen molar-refractivity contribution < 1.29 is 35.8 Å². The first kappa shape index (κ1) is 32.1. The van der Waals surface area contributed by atoms with E-state index in [9.17, 15) is 21.6 Å². The van der Waals surface area contributed by atoms with Crippen molar-refractivity contribution in [3.8, 4) is 11.5 Å². The highest BCUT2D eigenvalue weighted by Crippen LogP contribution is 2.29. The van der Waals surface area contributed by atoms with Gasteiger partial charge in [0.2, 0.25) is 26.0 Å². The standard InChI is InChI=1S/C24H42N2O8S2/c1-20(24(27)25-15-16-26(35(4,28)29)36(5,30)31)11-8-6-7-9-12-21-13-14-22(33-3)23(19-21)34-18-10-17-32-2/h13-14,19-20H,6-12,15-18H2,1-5H3,(H,25,27)/t20-/m1/s1. The highest BCUT2D eigenvalue weighted by Gasteiger charge is 2.26. The van der Waals surface area contributed by atoms with Crippen LogP contribution >= 0.6 is 0 Å². The van der Waals surface area contributed by atoms with Gasteiger partial charge in [0.05, 0.1) is 26.2 Å². The number of benzene rings is 1. The molecule has 1 aromatic carbocycles. The molecular weight excluding hydrogens is 508 g/mol. The summed E-state index contributed by atoms with van der Waals surface area (Å²) >= 11 is 0. The second-order valence-corrected chi connectivity index (χ2v) is 12.9. The average Bonchev–Trinajstić information content (AvgIpc) is 2.79. The number of aryl methyl sites for hydroxylation is 1. The van der Waals surface area contributed by atoms with Gasteiger partial charge in [0, 0.05) is 39.1 Å². The molecule has 0 heterocycles. The van der Waals surface area contributed by atoms with E-state index in [0.717, 1.165) is 56.8 Å². The van der Waals surface area contributed by atoms with Gasteiger partial charge in [-0.25, -0.2) is 16.8 Å². The highest BCUT2D eigenvalue weighted by molar-refractivity contribution is 8.03. The summed E-state index contributed by atoms with van der Waals surface area (Å²) in [5, 5.41) is 2.63. The van der Waals surface area contributed by atoms with Crippen molar-refractivity contribution in [2.24, 2.45) is 5.92 Å². The molecule has 10 nitrogen and oxygen atoms in total. The summed E-state index contributed by atoms with van der Waals surface area (Å²) in [6.07, 6.45) is 8.01. The first-order valence-corrected chi connectivity index (χ1v) is 15.8. The summed E-state index contributed by atoms with van der Waals surface area (Å²) < 4.78 is 63.2. The van der Waals surface area contributed by atoms with Crippen LogP contribution in [0.3, 0.4) is 0 Å². The van der Waals surface area contributed by atoms with E-state index >= 15 is 0 Å². The minimum absolute atomic E-state index is 0.0662. The lowest BCUT2D eigenvalue weighted by molar-refractivity contribution is -0.124. The lowest BCUT2D eigenvalue weighted by Gasteiger charge is -2.18. The molecule has 0 saturated carbocycles. The van der Waals surface area contributed by atoms with Gasteiger partial charge in [-0.05, 0) is 37.0 Å². The molecule has 1 atom stereocenters. The van der Waals surface area contributed by atoms with Crippen molar-refractivity contribution in [3.63, 3.8) is 0 Å². The molecule has 0 saturated heterocycles. The zero-order valence-electron chi connectivity index (χ0n) is 22.1. The smallest absolute Gasteiger partial charge is 0.224 e. The number of ether oxygens (including phenoxy) is 3. The molecule has 0 aliphatic rings. The number of hydrogen-bond acceptors (Lipinski definition) is 8. The minimum Gasteiger partial charge on any atom is -0.493 e. The van der Waals surface area contributed by atoms with E-state index in [2.05, 4.69) is 5.32 Å². The van der Waals surface area contributed by atoms with Crippen LogP contribution in [0.1, 0.15) is 51.0 Å². The summed E-state index contributed by atoms with van der Waals surface area (Å²) in [5.41, 5.74) is 1.18. The van der Waals surface area contributed by atoms with Crippen molar-refractivity contribution in [3.05, 3.63) is 23.8 Å². The Labute approximate surface area is 216 Å². The predicted molar refractivity (Wildman–Crippen MR) is 140 cm³/mol. The van der Waals surface area contributed by atoms with Gasteiger partial charge in [0.15, 0.2) is 11.5 Å². The summed E-state index contributed by atoms with van der Waals surface area (Å²) in [6, 6.07) is 5.99. The SMILES string of the molecule is COCCCOc1cc(CCCCCC[C@@H](C)C(=O)NCCN(S(C)(=O)=O)S(C)(=O)=O)ccc1OC. The fourth-order valence-electron chi connectivity index (χ4n) is 3.66. The molecule has 12 heteroatoms. The van der Waals surface area contributed by atoms with Crippen LogP contribution in [-0.4, -0.2) is 79.5 Å². The number of methoxy groups -OCH3 is 2. The highest BCUT2D eigenvalue weighted by atomic mass is 32.3. The second kappa shape index (κ2) is 16.1. The van der Waals surface area contributed by atoms with E-state index in [1.807, 2.05) is 25.1 Å². The van der Waals surface area contributed by atoms with Crippen molar-refractivity contribution in [1.29, 1.82) is 0 Å². The maximum Gasteiger partial charge on any atom is 0.224 e. The molecule has 0 unspecified atom stereocenters. The number of carbonyl (C=O) groups is 1. The van der Waals surface area contributed by atoms with E-state index in [4.69, 9.17) is 14.2 Å². The van der Waals surface area contributed by atoms with Crippen molar-refractivity contribution >= 4 is 26.0 Å². The van der Waals surface area contributed by atoms with Crippen LogP contribution in [0.25, 0.3) is 0 Å². The van der Waals surface area contributed by atoms with Gasteiger partial charge in [-0.15, -0.1) is 0 Å². The summed E-state index contributed by atoms with van der Waals surface area (Å²) in [4.78, 5) is 12.3. The van der Waals surface area contributed by atoms with Crippen LogP contribution in [0.15, 0.2) is 18.2 Å². The number of rotatable bonds is 19. The Balaban J connectivity index is 2.33. The Morgan fingerprint density at radius 3 is 2.22 bits per heavy atom. The summed E-state index contributed by atoms with van der Waals surface area (Å²) in [7, 11) is -4.55. The Kier molecular flexibility index (Phi) is 14.3. The van der Waals surface area contributed by atoms with Crippen molar-refractivity contribution in [2.45, 2.75) is 51.9 Å². The average molecular weight is 551 g/mol. The minimum atomic E-state index is -3.92. The molecule has 0 aliphatic heterocycles. The first-order valence-electron chi connectivity index (χ1n) is 12.1. The Morgan fingerprint density at radius 2 is 1.61 bits per heavy atom. The molecule has 0 aromatic heterocycles. The third kappa shape index (κ3) is 12.4. The molecule has 0 bridgehead atoms. The maximum atomic E-state index is 12.3. The zero-order chi connectivity index (χ0) is 27.2. The van der Waals surface area contributed by atoms with E-state index in [1.54, 1.807) is 14.2 Å². The summed E-state index contributed by atoms with van der Waals surface area (Å²) in [5.74, 6) is 0.994. The topological polar surface area (TPSA) is 128 Å². The third-order valence-electron chi connectivity index (χ3n) is 5.61. The molecule has 1 rings (SSSR count). The van der Waals surface area contributed by atoms with E-state index in [0.29, 0.717) is 29.1 Å². The van der Waals surface area contributed by atoms with Crippen LogP contribution in [-0.2, 0) is 36.0 Å². The van der Waals surface area contributed by atoms with E-state index in [1.165, 1.54) is 5.56 Å². The van der Waals surface area contributed by atoms with Crippen LogP contribution < -0.4 is 14.8 Å². The predicted octanol–water partition coefficient (Wildman–Crippen LogP) is 2.58. The molecule has 1 aromatic rings. The van der Waals surface area contributed by atoms with Gasteiger partial charge in [-0.2, -0.15) is 0 Å². The molecule has 36 heavy (non-hydrogen) atoms. The molecule has 0 spiro atoms. The van der Waals surface area contributed by atoms with Crippen molar-refractivity contribution in [1.82, 2.24) is 9.03 Å². The number of nitrogens with one attached hydrogen (secondary N) is 1. The fraction of sp³-hybridized carbons (Fsp3) is 0.708. The first-order chi connectivity index (χ1) is 16.9. The van der Waals surface area contributed by atoms with Crippen LogP contribution in [0.5, 0.6) is 11.5 Å². The van der Waals surface area contributed by atoms with Gasteiger partial charge in [0.1, 0.15) is 0 Å². The molecule has 1 amide bonds. The second-order valence-electron chi connectivity index (χ2n) is 8.85. The molecule has 0 radical (unpaired) electrons. The summed E-state index contributed by atoms with van der Waals surface area (Å²) in [6.45, 7) is 2.64. The third-order valence-corrected chi connectivity index (χ3v) is 9.08. The van der Waals surface area contributed by atoms with Gasteiger partial charge < -0.3 is 19.5 Å².